The second kappa shape index (κ2) is 9.39. The van der Waals surface area contributed by atoms with Crippen LogP contribution in [0.25, 0.3) is 0 Å². The van der Waals surface area contributed by atoms with Crippen molar-refractivity contribution < 1.29 is 9.90 Å². The van der Waals surface area contributed by atoms with Crippen LogP contribution in [0.3, 0.4) is 0 Å². The summed E-state index contributed by atoms with van der Waals surface area (Å²) in [4.78, 5) is 13.0. The second-order valence-electron chi connectivity index (χ2n) is 6.44. The van der Waals surface area contributed by atoms with E-state index < -0.39 is 5.60 Å². The Morgan fingerprint density at radius 2 is 1.38 bits per heavy atom. The fourth-order valence-electron chi connectivity index (χ4n) is 3.09. The maximum atomic E-state index is 13.0. The molecule has 128 valence electrons. The first-order chi connectivity index (χ1) is 11.7. The van der Waals surface area contributed by atoms with Gasteiger partial charge in [-0.15, -0.1) is 0 Å². The highest BCUT2D eigenvalue weighted by atomic mass is 16.3. The van der Waals surface area contributed by atoms with E-state index in [2.05, 4.69) is 6.92 Å². The van der Waals surface area contributed by atoms with Crippen molar-refractivity contribution in [2.24, 2.45) is 0 Å². The van der Waals surface area contributed by atoms with Gasteiger partial charge in [-0.25, -0.2) is 0 Å². The fraction of sp³-hybridized carbons (Fsp3) is 0.409. The number of carbonyl (C=O) groups excluding carboxylic acids is 1. The minimum atomic E-state index is -1.44. The Kier molecular flexibility index (Phi) is 7.20. The van der Waals surface area contributed by atoms with E-state index in [1.54, 1.807) is 12.1 Å². The fourth-order valence-corrected chi connectivity index (χ4v) is 3.09. The lowest BCUT2D eigenvalue weighted by Crippen LogP contribution is -2.35. The standard InChI is InChI=1S/C22H28O2/c1-2-3-4-5-6-13-18-22(24,20-16-11-8-12-17-20)21(23)19-14-9-7-10-15-19/h7-12,14-17,24H,2-6,13,18H2,1H3. The molecule has 1 unspecified atom stereocenters. The first kappa shape index (κ1) is 18.4. The van der Waals surface area contributed by atoms with Crippen molar-refractivity contribution in [3.05, 3.63) is 71.8 Å². The zero-order valence-corrected chi connectivity index (χ0v) is 14.6. The Bertz CT molecular complexity index is 606. The van der Waals surface area contributed by atoms with E-state index in [-0.39, 0.29) is 5.78 Å². The second-order valence-corrected chi connectivity index (χ2v) is 6.44. The van der Waals surface area contributed by atoms with Gasteiger partial charge in [0.05, 0.1) is 0 Å². The Labute approximate surface area is 145 Å². The predicted octanol–water partition coefficient (Wildman–Crippen LogP) is 5.51. The number of ketones is 1. The number of unbranched alkanes of at least 4 members (excludes halogenated alkanes) is 5. The summed E-state index contributed by atoms with van der Waals surface area (Å²) in [6.07, 6.45) is 7.25. The number of aliphatic hydroxyl groups is 1. The normalized spacial score (nSPS) is 13.4. The molecule has 0 aliphatic heterocycles. The Balaban J connectivity index is 2.12. The van der Waals surface area contributed by atoms with Gasteiger partial charge >= 0.3 is 0 Å². The molecule has 2 nitrogen and oxygen atoms in total. The van der Waals surface area contributed by atoms with Crippen LogP contribution < -0.4 is 0 Å². The molecule has 2 heteroatoms. The average Bonchev–Trinajstić information content (AvgIpc) is 2.65. The molecule has 2 rings (SSSR count). The molecule has 0 spiro atoms. The molecule has 0 aliphatic carbocycles. The van der Waals surface area contributed by atoms with Gasteiger partial charge in [-0.05, 0) is 18.4 Å². The molecular weight excluding hydrogens is 296 g/mol. The van der Waals surface area contributed by atoms with Crippen LogP contribution in [0.4, 0.5) is 0 Å². The van der Waals surface area contributed by atoms with Gasteiger partial charge < -0.3 is 5.11 Å². The van der Waals surface area contributed by atoms with Crippen LogP contribution >= 0.6 is 0 Å². The van der Waals surface area contributed by atoms with Gasteiger partial charge in [0.25, 0.3) is 0 Å². The van der Waals surface area contributed by atoms with Crippen molar-refractivity contribution in [2.45, 2.75) is 57.5 Å². The molecule has 0 bridgehead atoms. The Morgan fingerprint density at radius 3 is 2.00 bits per heavy atom. The largest absolute Gasteiger partial charge is 0.377 e. The molecule has 0 amide bonds. The molecule has 1 N–H and O–H groups in total. The molecule has 0 radical (unpaired) electrons. The molecule has 0 fully saturated rings. The summed E-state index contributed by atoms with van der Waals surface area (Å²) in [5.41, 5.74) is -0.185. The van der Waals surface area contributed by atoms with E-state index in [9.17, 15) is 9.90 Å². The third-order valence-corrected chi connectivity index (χ3v) is 4.56. The first-order valence-corrected chi connectivity index (χ1v) is 9.06. The molecule has 1 atom stereocenters. The minimum absolute atomic E-state index is 0.206. The maximum Gasteiger partial charge on any atom is 0.198 e. The lowest BCUT2D eigenvalue weighted by atomic mass is 9.82. The molecule has 0 saturated carbocycles. The third kappa shape index (κ3) is 4.78. The van der Waals surface area contributed by atoms with Crippen LogP contribution in [0, 0.1) is 0 Å². The molecule has 2 aromatic rings. The van der Waals surface area contributed by atoms with Crippen molar-refractivity contribution in [3.63, 3.8) is 0 Å². The Hall–Kier alpha value is -1.93. The highest BCUT2D eigenvalue weighted by Crippen LogP contribution is 2.31. The number of benzene rings is 2. The van der Waals surface area contributed by atoms with E-state index in [4.69, 9.17) is 0 Å². The number of Topliss-reactive ketones (excluding diaryl/α,β-unsaturated/α-hetero) is 1. The van der Waals surface area contributed by atoms with Crippen molar-refractivity contribution in [2.75, 3.05) is 0 Å². The number of rotatable bonds is 10. The van der Waals surface area contributed by atoms with Crippen LogP contribution in [-0.4, -0.2) is 10.9 Å². The van der Waals surface area contributed by atoms with Crippen molar-refractivity contribution in [1.82, 2.24) is 0 Å². The van der Waals surface area contributed by atoms with E-state index >= 15 is 0 Å². The van der Waals surface area contributed by atoms with Crippen LogP contribution in [0.2, 0.25) is 0 Å². The smallest absolute Gasteiger partial charge is 0.198 e. The van der Waals surface area contributed by atoms with Crippen LogP contribution in [0.5, 0.6) is 0 Å². The van der Waals surface area contributed by atoms with Crippen LogP contribution in [0.1, 0.15) is 67.8 Å². The summed E-state index contributed by atoms with van der Waals surface area (Å²) in [5.74, 6) is -0.206. The topological polar surface area (TPSA) is 37.3 Å². The number of hydrogen-bond acceptors (Lipinski definition) is 2. The molecule has 0 aliphatic rings. The monoisotopic (exact) mass is 324 g/mol. The highest BCUT2D eigenvalue weighted by Gasteiger charge is 2.37. The quantitative estimate of drug-likeness (QED) is 0.462. The predicted molar refractivity (Wildman–Crippen MR) is 99.1 cm³/mol. The maximum absolute atomic E-state index is 13.0. The van der Waals surface area contributed by atoms with Gasteiger partial charge in [0.2, 0.25) is 0 Å². The first-order valence-electron chi connectivity index (χ1n) is 9.06. The van der Waals surface area contributed by atoms with Gasteiger partial charge in [-0.3, -0.25) is 4.79 Å². The van der Waals surface area contributed by atoms with Gasteiger partial charge in [0, 0.05) is 5.56 Å². The van der Waals surface area contributed by atoms with E-state index in [1.165, 1.54) is 19.3 Å². The lowest BCUT2D eigenvalue weighted by molar-refractivity contribution is 0.0237. The molecule has 0 aromatic heterocycles. The zero-order valence-electron chi connectivity index (χ0n) is 14.6. The third-order valence-electron chi connectivity index (χ3n) is 4.56. The average molecular weight is 324 g/mol. The van der Waals surface area contributed by atoms with Gasteiger partial charge in [-0.2, -0.15) is 0 Å². The van der Waals surface area contributed by atoms with Crippen molar-refractivity contribution in [1.29, 1.82) is 0 Å². The van der Waals surface area contributed by atoms with Crippen molar-refractivity contribution >= 4 is 5.78 Å². The molecule has 2 aromatic carbocycles. The van der Waals surface area contributed by atoms with Gasteiger partial charge in [0.15, 0.2) is 11.4 Å². The SMILES string of the molecule is CCCCCCCCC(O)(C(=O)c1ccccc1)c1ccccc1. The molecule has 24 heavy (non-hydrogen) atoms. The molecule has 0 saturated heterocycles. The number of carbonyl (C=O) groups is 1. The Morgan fingerprint density at radius 1 is 0.833 bits per heavy atom. The molecular formula is C22H28O2. The molecule has 0 heterocycles. The van der Waals surface area contributed by atoms with Gasteiger partial charge in [0.1, 0.15) is 0 Å². The van der Waals surface area contributed by atoms with E-state index in [1.807, 2.05) is 48.5 Å². The van der Waals surface area contributed by atoms with Gasteiger partial charge in [-0.1, -0.05) is 99.7 Å². The van der Waals surface area contributed by atoms with E-state index in [0.29, 0.717) is 17.5 Å². The minimum Gasteiger partial charge on any atom is -0.377 e. The summed E-state index contributed by atoms with van der Waals surface area (Å²) in [7, 11) is 0. The summed E-state index contributed by atoms with van der Waals surface area (Å²) < 4.78 is 0. The summed E-state index contributed by atoms with van der Waals surface area (Å²) in [5, 5.41) is 11.3. The highest BCUT2D eigenvalue weighted by molar-refractivity contribution is 6.02. The summed E-state index contributed by atoms with van der Waals surface area (Å²) >= 11 is 0. The zero-order chi connectivity index (χ0) is 17.3. The van der Waals surface area contributed by atoms with E-state index in [0.717, 1.165) is 19.3 Å². The van der Waals surface area contributed by atoms with Crippen LogP contribution in [0.15, 0.2) is 60.7 Å². The summed E-state index contributed by atoms with van der Waals surface area (Å²) in [6, 6.07) is 18.4. The lowest BCUT2D eigenvalue weighted by Gasteiger charge is -2.27. The van der Waals surface area contributed by atoms with Crippen LogP contribution in [-0.2, 0) is 5.60 Å². The number of hydrogen-bond donors (Lipinski definition) is 1. The summed E-state index contributed by atoms with van der Waals surface area (Å²) in [6.45, 7) is 2.20. The van der Waals surface area contributed by atoms with Crippen molar-refractivity contribution in [3.8, 4) is 0 Å².